The number of thiophene rings is 1. The molecule has 1 atom stereocenters. The number of aromatic nitrogens is 2. The number of ether oxygens (including phenoxy) is 1. The third-order valence-electron chi connectivity index (χ3n) is 4.45. The topological polar surface area (TPSA) is 50.3 Å². The summed E-state index contributed by atoms with van der Waals surface area (Å²) in [4.78, 5) is 11.9. The quantitative estimate of drug-likeness (QED) is 0.716. The van der Waals surface area contributed by atoms with Crippen LogP contribution in [-0.2, 0) is 0 Å². The van der Waals surface area contributed by atoms with Gasteiger partial charge < -0.3 is 15.0 Å². The van der Waals surface area contributed by atoms with Crippen LogP contribution in [0.3, 0.4) is 0 Å². The highest BCUT2D eigenvalue weighted by Crippen LogP contribution is 2.27. The number of nitrogens with zero attached hydrogens (tertiary/aromatic N) is 3. The van der Waals surface area contributed by atoms with E-state index >= 15 is 0 Å². The van der Waals surface area contributed by atoms with E-state index in [0.717, 1.165) is 47.7 Å². The molecule has 0 radical (unpaired) electrons. The Kier molecular flexibility index (Phi) is 4.83. The molecule has 136 valence electrons. The molecule has 1 N–H and O–H groups in total. The van der Waals surface area contributed by atoms with Gasteiger partial charge >= 0.3 is 6.61 Å². The van der Waals surface area contributed by atoms with Crippen LogP contribution in [0.15, 0.2) is 42.0 Å². The van der Waals surface area contributed by atoms with Gasteiger partial charge in [0, 0.05) is 24.8 Å². The number of hydrogen-bond acceptors (Lipinski definition) is 6. The van der Waals surface area contributed by atoms with Crippen LogP contribution < -0.4 is 15.0 Å². The molecular formula is C18H18F2N4OS. The molecule has 1 aliphatic heterocycles. The van der Waals surface area contributed by atoms with Crippen molar-refractivity contribution in [3.8, 4) is 5.75 Å². The van der Waals surface area contributed by atoms with Crippen LogP contribution in [0.2, 0.25) is 0 Å². The van der Waals surface area contributed by atoms with Gasteiger partial charge in [0.1, 0.15) is 22.7 Å². The Balaban J connectivity index is 1.45. The lowest BCUT2D eigenvalue weighted by Crippen LogP contribution is -2.42. The third kappa shape index (κ3) is 3.70. The maximum Gasteiger partial charge on any atom is 0.387 e. The molecule has 8 heteroatoms. The van der Waals surface area contributed by atoms with E-state index in [1.54, 1.807) is 29.8 Å². The van der Waals surface area contributed by atoms with Gasteiger partial charge in [0.2, 0.25) is 0 Å². The third-order valence-corrected chi connectivity index (χ3v) is 5.27. The second-order valence-electron chi connectivity index (χ2n) is 6.16. The van der Waals surface area contributed by atoms with Gasteiger partial charge in [0.05, 0.1) is 5.39 Å². The van der Waals surface area contributed by atoms with Crippen LogP contribution in [-0.4, -0.2) is 35.7 Å². The van der Waals surface area contributed by atoms with Crippen molar-refractivity contribution in [3.05, 3.63) is 42.0 Å². The maximum absolute atomic E-state index is 12.3. The SMILES string of the molecule is FC(F)Oc1ccc(N2CCCC(Nc3ncnc4sccc34)C2)cc1. The van der Waals surface area contributed by atoms with E-state index in [2.05, 4.69) is 24.9 Å². The Morgan fingerprint density at radius 1 is 1.19 bits per heavy atom. The first kappa shape index (κ1) is 17.0. The smallest absolute Gasteiger partial charge is 0.387 e. The van der Waals surface area contributed by atoms with Crippen molar-refractivity contribution in [3.63, 3.8) is 0 Å². The van der Waals surface area contributed by atoms with Crippen LogP contribution in [0, 0.1) is 0 Å². The zero-order valence-corrected chi connectivity index (χ0v) is 14.8. The Morgan fingerprint density at radius 2 is 2.04 bits per heavy atom. The lowest BCUT2D eigenvalue weighted by atomic mass is 10.0. The van der Waals surface area contributed by atoms with E-state index in [0.29, 0.717) is 0 Å². The van der Waals surface area contributed by atoms with E-state index in [4.69, 9.17) is 0 Å². The molecule has 26 heavy (non-hydrogen) atoms. The van der Waals surface area contributed by atoms with Crippen molar-refractivity contribution in [1.82, 2.24) is 9.97 Å². The minimum absolute atomic E-state index is 0.177. The highest BCUT2D eigenvalue weighted by molar-refractivity contribution is 7.16. The van der Waals surface area contributed by atoms with Crippen molar-refractivity contribution in [2.75, 3.05) is 23.3 Å². The van der Waals surface area contributed by atoms with Crippen molar-refractivity contribution in [2.45, 2.75) is 25.5 Å². The highest BCUT2D eigenvalue weighted by Gasteiger charge is 2.21. The maximum atomic E-state index is 12.3. The summed E-state index contributed by atoms with van der Waals surface area (Å²) in [5, 5.41) is 6.60. The monoisotopic (exact) mass is 376 g/mol. The number of piperidine rings is 1. The Morgan fingerprint density at radius 3 is 2.85 bits per heavy atom. The van der Waals surface area contributed by atoms with Crippen molar-refractivity contribution in [1.29, 1.82) is 0 Å². The molecule has 1 saturated heterocycles. The summed E-state index contributed by atoms with van der Waals surface area (Å²) in [5.74, 6) is 1.04. The zero-order chi connectivity index (χ0) is 17.9. The molecule has 0 spiro atoms. The summed E-state index contributed by atoms with van der Waals surface area (Å²) in [6.45, 7) is -1.04. The molecule has 1 aromatic carbocycles. The molecular weight excluding hydrogens is 358 g/mol. The molecule has 0 bridgehead atoms. The number of hydrogen-bond donors (Lipinski definition) is 1. The van der Waals surface area contributed by atoms with Crippen molar-refractivity contribution < 1.29 is 13.5 Å². The summed E-state index contributed by atoms with van der Waals surface area (Å²) in [6.07, 6.45) is 3.69. The molecule has 3 heterocycles. The van der Waals surface area contributed by atoms with E-state index < -0.39 is 6.61 Å². The Labute approximate surface area is 153 Å². The lowest BCUT2D eigenvalue weighted by Gasteiger charge is -2.35. The fourth-order valence-corrected chi connectivity index (χ4v) is 4.00. The van der Waals surface area contributed by atoms with Crippen LogP contribution >= 0.6 is 11.3 Å². The fraction of sp³-hybridized carbons (Fsp3) is 0.333. The van der Waals surface area contributed by atoms with E-state index in [9.17, 15) is 8.78 Å². The first-order valence-electron chi connectivity index (χ1n) is 8.43. The standard InChI is InChI=1S/C18H18F2N4OS/c19-18(20)25-14-5-3-13(4-6-14)24-8-1-2-12(10-24)23-16-15-7-9-26-17(15)22-11-21-16/h3-7,9,11-12,18H,1-2,8,10H2,(H,21,22,23). The van der Waals surface area contributed by atoms with Gasteiger partial charge in [-0.25, -0.2) is 9.97 Å². The van der Waals surface area contributed by atoms with Crippen LogP contribution in [0.1, 0.15) is 12.8 Å². The Bertz CT molecular complexity index is 871. The van der Waals surface area contributed by atoms with E-state index in [1.165, 1.54) is 0 Å². The summed E-state index contributed by atoms with van der Waals surface area (Å²) < 4.78 is 29.0. The molecule has 3 aromatic rings. The molecule has 0 saturated carbocycles. The first-order chi connectivity index (χ1) is 12.7. The van der Waals surface area contributed by atoms with Crippen LogP contribution in [0.5, 0.6) is 5.75 Å². The highest BCUT2D eigenvalue weighted by atomic mass is 32.1. The number of anilines is 2. The number of rotatable bonds is 5. The van der Waals surface area contributed by atoms with Crippen LogP contribution in [0.4, 0.5) is 20.3 Å². The first-order valence-corrected chi connectivity index (χ1v) is 9.31. The second kappa shape index (κ2) is 7.41. The normalized spacial score (nSPS) is 17.7. The largest absolute Gasteiger partial charge is 0.435 e. The average molecular weight is 376 g/mol. The van der Waals surface area contributed by atoms with Crippen molar-refractivity contribution >= 4 is 33.1 Å². The Hall–Kier alpha value is -2.48. The molecule has 4 rings (SSSR count). The summed E-state index contributed by atoms with van der Waals surface area (Å²) >= 11 is 1.60. The van der Waals surface area contributed by atoms with Gasteiger partial charge in [0.25, 0.3) is 0 Å². The second-order valence-corrected chi connectivity index (χ2v) is 7.06. The number of alkyl halides is 2. The lowest BCUT2D eigenvalue weighted by molar-refractivity contribution is -0.0498. The van der Waals surface area contributed by atoms with E-state index in [-0.39, 0.29) is 11.8 Å². The van der Waals surface area contributed by atoms with Gasteiger partial charge in [-0.1, -0.05) is 0 Å². The van der Waals surface area contributed by atoms with Gasteiger partial charge in [0.15, 0.2) is 0 Å². The minimum atomic E-state index is -2.80. The number of nitrogens with one attached hydrogen (secondary N) is 1. The van der Waals surface area contributed by atoms with E-state index in [1.807, 2.05) is 23.6 Å². The summed E-state index contributed by atoms with van der Waals surface area (Å²) in [5.41, 5.74) is 1.00. The van der Waals surface area contributed by atoms with Gasteiger partial charge in [-0.3, -0.25) is 0 Å². The summed E-state index contributed by atoms with van der Waals surface area (Å²) in [7, 11) is 0. The number of benzene rings is 1. The number of fused-ring (bicyclic) bond motifs is 1. The van der Waals surface area contributed by atoms with Crippen LogP contribution in [0.25, 0.3) is 10.2 Å². The van der Waals surface area contributed by atoms with Gasteiger partial charge in [-0.05, 0) is 48.6 Å². The van der Waals surface area contributed by atoms with Crippen molar-refractivity contribution in [2.24, 2.45) is 0 Å². The minimum Gasteiger partial charge on any atom is -0.435 e. The molecule has 1 aliphatic rings. The zero-order valence-electron chi connectivity index (χ0n) is 13.9. The van der Waals surface area contributed by atoms with Gasteiger partial charge in [-0.15, -0.1) is 11.3 Å². The predicted molar refractivity (Wildman–Crippen MR) is 99.3 cm³/mol. The average Bonchev–Trinajstić information content (AvgIpc) is 3.12. The number of halogens is 2. The fourth-order valence-electron chi connectivity index (χ4n) is 3.27. The summed E-state index contributed by atoms with van der Waals surface area (Å²) in [6, 6.07) is 9.10. The molecule has 0 amide bonds. The molecule has 2 aromatic heterocycles. The predicted octanol–water partition coefficient (Wildman–Crippen LogP) is 4.37. The van der Waals surface area contributed by atoms with Gasteiger partial charge in [-0.2, -0.15) is 8.78 Å². The molecule has 0 aliphatic carbocycles. The molecule has 1 unspecified atom stereocenters. The molecule has 5 nitrogen and oxygen atoms in total. The molecule has 1 fully saturated rings.